The molecule has 0 bridgehead atoms. The number of benzene rings is 2. The van der Waals surface area contributed by atoms with Gasteiger partial charge in [-0.15, -0.1) is 0 Å². The van der Waals surface area contributed by atoms with E-state index in [9.17, 15) is 0 Å². The van der Waals surface area contributed by atoms with E-state index in [2.05, 4.69) is 10.3 Å². The van der Waals surface area contributed by atoms with Crippen LogP contribution in [0.25, 0.3) is 10.9 Å². The second-order valence-electron chi connectivity index (χ2n) is 4.91. The maximum absolute atomic E-state index is 5.45. The van der Waals surface area contributed by atoms with Crippen molar-refractivity contribution in [2.45, 2.75) is 6.54 Å². The average molecular weight is 294 g/mol. The van der Waals surface area contributed by atoms with Crippen molar-refractivity contribution in [3.05, 3.63) is 60.3 Å². The lowest BCUT2D eigenvalue weighted by Gasteiger charge is -2.12. The zero-order valence-electron chi connectivity index (χ0n) is 12.7. The Bertz CT molecular complexity index is 764. The number of anilines is 1. The van der Waals surface area contributed by atoms with E-state index in [1.807, 2.05) is 48.5 Å². The minimum atomic E-state index is 0.723. The molecular weight excluding hydrogens is 276 g/mol. The van der Waals surface area contributed by atoms with Crippen molar-refractivity contribution < 1.29 is 9.47 Å². The smallest absolute Gasteiger partial charge is 0.130 e. The summed E-state index contributed by atoms with van der Waals surface area (Å²) in [6.07, 6.45) is 1.80. The van der Waals surface area contributed by atoms with Gasteiger partial charge in [0.1, 0.15) is 11.5 Å². The maximum Gasteiger partial charge on any atom is 0.130 e. The predicted molar refractivity (Wildman–Crippen MR) is 88.6 cm³/mol. The second-order valence-corrected chi connectivity index (χ2v) is 4.91. The molecule has 0 aliphatic rings. The predicted octanol–water partition coefficient (Wildman–Crippen LogP) is 3.86. The molecule has 22 heavy (non-hydrogen) atoms. The molecule has 0 unspecified atom stereocenters. The van der Waals surface area contributed by atoms with Crippen LogP contribution in [0.4, 0.5) is 5.69 Å². The lowest BCUT2D eigenvalue weighted by molar-refractivity contribution is 0.414. The normalized spacial score (nSPS) is 10.5. The minimum Gasteiger partial charge on any atom is -0.497 e. The van der Waals surface area contributed by atoms with Gasteiger partial charge < -0.3 is 14.8 Å². The average Bonchev–Trinajstić information content (AvgIpc) is 2.59. The third-order valence-corrected chi connectivity index (χ3v) is 3.59. The molecule has 3 rings (SSSR count). The fourth-order valence-corrected chi connectivity index (χ4v) is 2.43. The van der Waals surface area contributed by atoms with Crippen molar-refractivity contribution in [2.75, 3.05) is 19.5 Å². The van der Waals surface area contributed by atoms with Gasteiger partial charge in [0.2, 0.25) is 0 Å². The Labute approximate surface area is 129 Å². The van der Waals surface area contributed by atoms with E-state index in [0.29, 0.717) is 0 Å². The van der Waals surface area contributed by atoms with Crippen LogP contribution < -0.4 is 14.8 Å². The van der Waals surface area contributed by atoms with Crippen LogP contribution in [0.5, 0.6) is 11.5 Å². The summed E-state index contributed by atoms with van der Waals surface area (Å²) in [5, 5.41) is 4.46. The summed E-state index contributed by atoms with van der Waals surface area (Å²) < 4.78 is 10.6. The van der Waals surface area contributed by atoms with Gasteiger partial charge in [-0.1, -0.05) is 18.2 Å². The zero-order chi connectivity index (χ0) is 15.4. The Hall–Kier alpha value is -2.75. The standard InChI is InChI=1S/C18H18N2O2/c1-21-14-8-6-13(7-9-14)12-20-16-10-11-19-15-4-3-5-17(22-2)18(15)16/h3-11H,12H2,1-2H3,(H,19,20). The molecule has 0 saturated heterocycles. The molecule has 3 aromatic rings. The lowest BCUT2D eigenvalue weighted by atomic mass is 10.1. The molecule has 1 aromatic heterocycles. The number of nitrogens with one attached hydrogen (secondary N) is 1. The summed E-state index contributed by atoms with van der Waals surface area (Å²) in [4.78, 5) is 4.39. The molecule has 0 amide bonds. The Morgan fingerprint density at radius 1 is 0.955 bits per heavy atom. The summed E-state index contributed by atoms with van der Waals surface area (Å²) in [6.45, 7) is 0.723. The van der Waals surface area contributed by atoms with Crippen LogP contribution >= 0.6 is 0 Å². The molecule has 0 saturated carbocycles. The number of rotatable bonds is 5. The summed E-state index contributed by atoms with van der Waals surface area (Å²) in [7, 11) is 3.34. The summed E-state index contributed by atoms with van der Waals surface area (Å²) in [6, 6.07) is 15.9. The van der Waals surface area contributed by atoms with Crippen LogP contribution in [0.3, 0.4) is 0 Å². The van der Waals surface area contributed by atoms with Gasteiger partial charge in [0.05, 0.1) is 25.1 Å². The molecule has 4 heteroatoms. The quantitative estimate of drug-likeness (QED) is 0.776. The Morgan fingerprint density at radius 3 is 2.50 bits per heavy atom. The van der Waals surface area contributed by atoms with Crippen LogP contribution in [0.15, 0.2) is 54.7 Å². The molecule has 112 valence electrons. The summed E-state index contributed by atoms with van der Waals surface area (Å²) in [5.74, 6) is 1.68. The molecule has 4 nitrogen and oxygen atoms in total. The summed E-state index contributed by atoms with van der Waals surface area (Å²) in [5.41, 5.74) is 3.11. The topological polar surface area (TPSA) is 43.4 Å². The van der Waals surface area contributed by atoms with Gasteiger partial charge in [0.15, 0.2) is 0 Å². The maximum atomic E-state index is 5.45. The van der Waals surface area contributed by atoms with Gasteiger partial charge in [-0.2, -0.15) is 0 Å². The van der Waals surface area contributed by atoms with Crippen molar-refractivity contribution in [1.82, 2.24) is 4.98 Å². The lowest BCUT2D eigenvalue weighted by Crippen LogP contribution is -2.01. The van der Waals surface area contributed by atoms with Crippen molar-refractivity contribution in [1.29, 1.82) is 0 Å². The van der Waals surface area contributed by atoms with Crippen molar-refractivity contribution >= 4 is 16.6 Å². The molecule has 0 radical (unpaired) electrons. The highest BCUT2D eigenvalue weighted by atomic mass is 16.5. The van der Waals surface area contributed by atoms with Gasteiger partial charge in [-0.3, -0.25) is 4.98 Å². The molecule has 0 spiro atoms. The highest BCUT2D eigenvalue weighted by molar-refractivity contribution is 5.96. The Kier molecular flexibility index (Phi) is 4.10. The van der Waals surface area contributed by atoms with Gasteiger partial charge in [-0.25, -0.2) is 0 Å². The first kappa shape index (κ1) is 14.2. The van der Waals surface area contributed by atoms with Crippen molar-refractivity contribution in [3.63, 3.8) is 0 Å². The SMILES string of the molecule is COc1ccc(CNc2ccnc3cccc(OC)c23)cc1. The number of fused-ring (bicyclic) bond motifs is 1. The van der Waals surface area contributed by atoms with Crippen molar-refractivity contribution in [3.8, 4) is 11.5 Å². The van der Waals surface area contributed by atoms with E-state index in [1.54, 1.807) is 20.4 Å². The van der Waals surface area contributed by atoms with Crippen LogP contribution in [0.2, 0.25) is 0 Å². The van der Waals surface area contributed by atoms with Gasteiger partial charge in [0.25, 0.3) is 0 Å². The van der Waals surface area contributed by atoms with E-state index in [1.165, 1.54) is 5.56 Å². The molecule has 1 heterocycles. The first-order valence-corrected chi connectivity index (χ1v) is 7.10. The van der Waals surface area contributed by atoms with E-state index < -0.39 is 0 Å². The first-order chi connectivity index (χ1) is 10.8. The third kappa shape index (κ3) is 2.81. The number of aromatic nitrogens is 1. The first-order valence-electron chi connectivity index (χ1n) is 7.10. The van der Waals surface area contributed by atoms with Gasteiger partial charge in [0, 0.05) is 18.4 Å². The third-order valence-electron chi connectivity index (χ3n) is 3.59. The van der Waals surface area contributed by atoms with Crippen LogP contribution in [0.1, 0.15) is 5.56 Å². The Balaban J connectivity index is 1.87. The molecule has 0 aliphatic heterocycles. The Morgan fingerprint density at radius 2 is 1.77 bits per heavy atom. The molecule has 2 aromatic carbocycles. The monoisotopic (exact) mass is 294 g/mol. The number of nitrogens with zero attached hydrogens (tertiary/aromatic N) is 1. The number of ether oxygens (including phenoxy) is 2. The van der Waals surface area contributed by atoms with Gasteiger partial charge >= 0.3 is 0 Å². The minimum absolute atomic E-state index is 0.723. The molecule has 0 atom stereocenters. The fourth-order valence-electron chi connectivity index (χ4n) is 2.43. The number of methoxy groups -OCH3 is 2. The van der Waals surface area contributed by atoms with E-state index >= 15 is 0 Å². The van der Waals surface area contributed by atoms with Crippen molar-refractivity contribution in [2.24, 2.45) is 0 Å². The molecule has 1 N–H and O–H groups in total. The number of pyridine rings is 1. The van der Waals surface area contributed by atoms with Crippen LogP contribution in [0, 0.1) is 0 Å². The van der Waals surface area contributed by atoms with E-state index in [4.69, 9.17) is 9.47 Å². The van der Waals surface area contributed by atoms with Gasteiger partial charge in [-0.05, 0) is 35.9 Å². The number of hydrogen-bond acceptors (Lipinski definition) is 4. The highest BCUT2D eigenvalue weighted by Crippen LogP contribution is 2.31. The fraction of sp³-hybridized carbons (Fsp3) is 0.167. The van der Waals surface area contributed by atoms with E-state index in [-0.39, 0.29) is 0 Å². The second kappa shape index (κ2) is 6.35. The number of hydrogen-bond donors (Lipinski definition) is 1. The largest absolute Gasteiger partial charge is 0.497 e. The van der Waals surface area contributed by atoms with Crippen LogP contribution in [-0.4, -0.2) is 19.2 Å². The zero-order valence-corrected chi connectivity index (χ0v) is 12.7. The molecular formula is C18H18N2O2. The molecule has 0 aliphatic carbocycles. The highest BCUT2D eigenvalue weighted by Gasteiger charge is 2.07. The van der Waals surface area contributed by atoms with Crippen LogP contribution in [-0.2, 0) is 6.54 Å². The summed E-state index contributed by atoms with van der Waals surface area (Å²) >= 11 is 0. The van der Waals surface area contributed by atoms with E-state index in [0.717, 1.165) is 34.6 Å². The molecule has 0 fully saturated rings.